The van der Waals surface area contributed by atoms with Crippen LogP contribution in [0.5, 0.6) is 0 Å². The Morgan fingerprint density at radius 3 is 2.20 bits per heavy atom. The van der Waals surface area contributed by atoms with Crippen molar-refractivity contribution in [3.05, 3.63) is 41.2 Å². The highest BCUT2D eigenvalue weighted by molar-refractivity contribution is 5.88. The van der Waals surface area contributed by atoms with Gasteiger partial charge in [-0.15, -0.1) is 0 Å². The van der Waals surface area contributed by atoms with E-state index in [1.54, 1.807) is 0 Å². The number of carboxylic acid groups (broad SMARTS) is 1. The zero-order valence-electron chi connectivity index (χ0n) is 10.7. The second-order valence-electron chi connectivity index (χ2n) is 4.31. The molecule has 0 fully saturated rings. The van der Waals surface area contributed by atoms with Crippen molar-refractivity contribution in [1.82, 2.24) is 9.55 Å². The van der Waals surface area contributed by atoms with Crippen molar-refractivity contribution < 1.29 is 23.1 Å². The fraction of sp³-hybridized carbons (Fsp3) is 0.231. The minimum absolute atomic E-state index is 0.0138. The molecule has 4 nitrogen and oxygen atoms in total. The van der Waals surface area contributed by atoms with Crippen LogP contribution < -0.4 is 0 Å². The van der Waals surface area contributed by atoms with Crippen molar-refractivity contribution in [2.24, 2.45) is 7.05 Å². The van der Waals surface area contributed by atoms with Gasteiger partial charge in [-0.2, -0.15) is 13.2 Å². The number of benzene rings is 1. The number of imidazole rings is 1. The molecule has 0 saturated heterocycles. The number of alkyl halides is 3. The quantitative estimate of drug-likeness (QED) is 0.921. The smallest absolute Gasteiger partial charge is 0.416 e. The molecule has 20 heavy (non-hydrogen) atoms. The van der Waals surface area contributed by atoms with Crippen molar-refractivity contribution in [3.8, 4) is 11.4 Å². The van der Waals surface area contributed by atoms with Crippen molar-refractivity contribution in [3.63, 3.8) is 0 Å². The number of halogens is 3. The van der Waals surface area contributed by atoms with Gasteiger partial charge in [0, 0.05) is 12.6 Å². The van der Waals surface area contributed by atoms with Gasteiger partial charge in [0.05, 0.1) is 11.3 Å². The third-order valence-corrected chi connectivity index (χ3v) is 2.94. The number of hydrogen-bond acceptors (Lipinski definition) is 2. The van der Waals surface area contributed by atoms with E-state index in [9.17, 15) is 18.0 Å². The van der Waals surface area contributed by atoms with Gasteiger partial charge in [0.15, 0.2) is 0 Å². The molecule has 0 radical (unpaired) electrons. The number of rotatable bonds is 2. The second-order valence-corrected chi connectivity index (χ2v) is 4.31. The molecule has 0 aliphatic carbocycles. The first-order chi connectivity index (χ1) is 9.21. The largest absolute Gasteiger partial charge is 0.477 e. The normalized spacial score (nSPS) is 11.7. The molecule has 0 spiro atoms. The number of aromatic carboxylic acids is 1. The summed E-state index contributed by atoms with van der Waals surface area (Å²) in [6.07, 6.45) is -4.40. The summed E-state index contributed by atoms with van der Waals surface area (Å²) < 4.78 is 38.8. The molecule has 0 atom stereocenters. The Morgan fingerprint density at radius 2 is 1.80 bits per heavy atom. The summed E-state index contributed by atoms with van der Waals surface area (Å²) in [4.78, 5) is 15.2. The van der Waals surface area contributed by atoms with Gasteiger partial charge in [0.1, 0.15) is 11.5 Å². The van der Waals surface area contributed by atoms with Gasteiger partial charge in [-0.3, -0.25) is 0 Å². The lowest BCUT2D eigenvalue weighted by Crippen LogP contribution is -2.07. The first-order valence-electron chi connectivity index (χ1n) is 5.66. The number of hydrogen-bond donors (Lipinski definition) is 1. The SMILES string of the molecule is Cc1nc(-c2ccc(C(F)(F)F)cc2)n(C)c1C(=O)O. The van der Waals surface area contributed by atoms with E-state index in [1.165, 1.54) is 30.7 Å². The summed E-state index contributed by atoms with van der Waals surface area (Å²) in [5.41, 5.74) is -0.00321. The van der Waals surface area contributed by atoms with Gasteiger partial charge in [0.25, 0.3) is 0 Å². The Morgan fingerprint density at radius 1 is 1.25 bits per heavy atom. The van der Waals surface area contributed by atoms with E-state index in [0.717, 1.165) is 12.1 Å². The summed E-state index contributed by atoms with van der Waals surface area (Å²) in [6.45, 7) is 1.54. The van der Waals surface area contributed by atoms with E-state index in [0.29, 0.717) is 17.1 Å². The molecule has 0 amide bonds. The van der Waals surface area contributed by atoms with Crippen LogP contribution in [0.1, 0.15) is 21.7 Å². The Balaban J connectivity index is 2.48. The second kappa shape index (κ2) is 4.66. The van der Waals surface area contributed by atoms with Gasteiger partial charge in [-0.1, -0.05) is 12.1 Å². The van der Waals surface area contributed by atoms with Gasteiger partial charge < -0.3 is 9.67 Å². The molecule has 0 saturated carbocycles. The third-order valence-electron chi connectivity index (χ3n) is 2.94. The van der Waals surface area contributed by atoms with Crippen LogP contribution in [0.2, 0.25) is 0 Å². The molecule has 7 heteroatoms. The van der Waals surface area contributed by atoms with Crippen LogP contribution in [0.15, 0.2) is 24.3 Å². The van der Waals surface area contributed by atoms with Gasteiger partial charge in [-0.25, -0.2) is 9.78 Å². The summed E-state index contributed by atoms with van der Waals surface area (Å²) in [5.74, 6) is -0.815. The highest BCUT2D eigenvalue weighted by Gasteiger charge is 2.30. The lowest BCUT2D eigenvalue weighted by atomic mass is 10.1. The zero-order valence-corrected chi connectivity index (χ0v) is 10.7. The number of aryl methyl sites for hydroxylation is 1. The molecule has 1 N–H and O–H groups in total. The zero-order chi connectivity index (χ0) is 15.1. The standard InChI is InChI=1S/C13H11F3N2O2/c1-7-10(12(19)20)18(2)11(17-7)8-3-5-9(6-4-8)13(14,15)16/h3-6H,1-2H3,(H,19,20). The predicted molar refractivity (Wildman–Crippen MR) is 65.3 cm³/mol. The Bertz CT molecular complexity index is 657. The van der Waals surface area contributed by atoms with Crippen LogP contribution in [-0.2, 0) is 13.2 Å². The molecular weight excluding hydrogens is 273 g/mol. The van der Waals surface area contributed by atoms with E-state index in [4.69, 9.17) is 5.11 Å². The summed E-state index contributed by atoms with van der Waals surface area (Å²) in [6, 6.07) is 4.44. The maximum Gasteiger partial charge on any atom is 0.416 e. The summed E-state index contributed by atoms with van der Waals surface area (Å²) >= 11 is 0. The monoisotopic (exact) mass is 284 g/mol. The first-order valence-corrected chi connectivity index (χ1v) is 5.66. The maximum absolute atomic E-state index is 12.5. The molecule has 1 aromatic carbocycles. The van der Waals surface area contributed by atoms with E-state index in [2.05, 4.69) is 4.98 Å². The number of carbonyl (C=O) groups is 1. The Kier molecular flexibility index (Phi) is 3.29. The summed E-state index contributed by atoms with van der Waals surface area (Å²) in [5, 5.41) is 9.05. The maximum atomic E-state index is 12.5. The van der Waals surface area contributed by atoms with Crippen molar-refractivity contribution in [1.29, 1.82) is 0 Å². The molecule has 106 valence electrons. The molecule has 1 heterocycles. The van der Waals surface area contributed by atoms with E-state index < -0.39 is 17.7 Å². The molecule has 0 aliphatic heterocycles. The van der Waals surface area contributed by atoms with E-state index in [1.807, 2.05) is 0 Å². The van der Waals surface area contributed by atoms with Crippen molar-refractivity contribution in [2.75, 3.05) is 0 Å². The van der Waals surface area contributed by atoms with Gasteiger partial charge >= 0.3 is 12.1 Å². The summed E-state index contributed by atoms with van der Waals surface area (Å²) in [7, 11) is 1.51. The molecule has 0 unspecified atom stereocenters. The van der Waals surface area contributed by atoms with Crippen LogP contribution in [-0.4, -0.2) is 20.6 Å². The average Bonchev–Trinajstić information content (AvgIpc) is 2.64. The van der Waals surface area contributed by atoms with Crippen LogP contribution in [0.25, 0.3) is 11.4 Å². The fourth-order valence-electron chi connectivity index (χ4n) is 2.00. The lowest BCUT2D eigenvalue weighted by molar-refractivity contribution is -0.137. The van der Waals surface area contributed by atoms with Gasteiger partial charge in [-0.05, 0) is 19.1 Å². The molecule has 0 aliphatic rings. The van der Waals surface area contributed by atoms with Gasteiger partial charge in [0.2, 0.25) is 0 Å². The molecule has 2 rings (SSSR count). The lowest BCUT2D eigenvalue weighted by Gasteiger charge is -2.08. The average molecular weight is 284 g/mol. The molecule has 0 bridgehead atoms. The first kappa shape index (κ1) is 14.1. The number of nitrogens with zero attached hydrogens (tertiary/aromatic N) is 2. The molecule has 1 aromatic heterocycles. The minimum Gasteiger partial charge on any atom is -0.477 e. The molecular formula is C13H11F3N2O2. The van der Waals surface area contributed by atoms with Crippen molar-refractivity contribution in [2.45, 2.75) is 13.1 Å². The van der Waals surface area contributed by atoms with Crippen LogP contribution in [0, 0.1) is 6.92 Å². The van der Waals surface area contributed by atoms with Crippen molar-refractivity contribution >= 4 is 5.97 Å². The Hall–Kier alpha value is -2.31. The third kappa shape index (κ3) is 2.38. The fourth-order valence-corrected chi connectivity index (χ4v) is 2.00. The Labute approximate surface area is 112 Å². The van der Waals surface area contributed by atoms with E-state index >= 15 is 0 Å². The van der Waals surface area contributed by atoms with Crippen LogP contribution >= 0.6 is 0 Å². The van der Waals surface area contributed by atoms with Crippen LogP contribution in [0.4, 0.5) is 13.2 Å². The minimum atomic E-state index is -4.40. The predicted octanol–water partition coefficient (Wildman–Crippen LogP) is 3.11. The van der Waals surface area contributed by atoms with E-state index in [-0.39, 0.29) is 5.69 Å². The highest BCUT2D eigenvalue weighted by Crippen LogP contribution is 2.31. The number of carboxylic acids is 1. The topological polar surface area (TPSA) is 55.1 Å². The number of aromatic nitrogens is 2. The van der Waals surface area contributed by atoms with Crippen LogP contribution in [0.3, 0.4) is 0 Å². The highest BCUT2D eigenvalue weighted by atomic mass is 19.4. The molecule has 2 aromatic rings.